The summed E-state index contributed by atoms with van der Waals surface area (Å²) in [6.45, 7) is 11.1. The molecule has 8 nitrogen and oxygen atoms in total. The van der Waals surface area contributed by atoms with Crippen LogP contribution in [0.3, 0.4) is 0 Å². The molecule has 0 aromatic heterocycles. The van der Waals surface area contributed by atoms with Gasteiger partial charge in [-0.15, -0.1) is 0 Å². The van der Waals surface area contributed by atoms with Crippen LogP contribution in [0.15, 0.2) is 23.8 Å². The predicted octanol–water partition coefficient (Wildman–Crippen LogP) is 3.20. The number of allylic oxidation sites excluding steroid dienone is 2. The second kappa shape index (κ2) is 11.1. The summed E-state index contributed by atoms with van der Waals surface area (Å²) in [5.41, 5.74) is 0.972. The van der Waals surface area contributed by atoms with Gasteiger partial charge in [-0.1, -0.05) is 23.8 Å². The van der Waals surface area contributed by atoms with Crippen LogP contribution in [-0.4, -0.2) is 67.4 Å². The zero-order chi connectivity index (χ0) is 24.1. The van der Waals surface area contributed by atoms with E-state index in [1.165, 1.54) is 6.92 Å². The van der Waals surface area contributed by atoms with Gasteiger partial charge in [0.25, 0.3) is 0 Å². The van der Waals surface area contributed by atoms with Crippen LogP contribution in [0.1, 0.15) is 66.7 Å². The van der Waals surface area contributed by atoms with Crippen molar-refractivity contribution in [2.75, 3.05) is 19.8 Å². The largest absolute Gasteiger partial charge is 0.463 e. The monoisotopic (exact) mass is 465 g/mol. The lowest BCUT2D eigenvalue weighted by atomic mass is 9.85. The molecule has 0 aromatic rings. The average Bonchev–Trinajstić information content (AvgIpc) is 3.46. The van der Waals surface area contributed by atoms with E-state index in [1.807, 2.05) is 0 Å². The Bertz CT molecular complexity index is 742. The zero-order valence-electron chi connectivity index (χ0n) is 20.6. The third-order valence-corrected chi connectivity index (χ3v) is 6.03. The van der Waals surface area contributed by atoms with E-state index in [2.05, 4.69) is 44.3 Å². The van der Waals surface area contributed by atoms with Gasteiger partial charge in [0.15, 0.2) is 6.29 Å². The minimum Gasteiger partial charge on any atom is -0.463 e. The quantitative estimate of drug-likeness (QED) is 0.317. The Morgan fingerprint density at radius 3 is 2.55 bits per heavy atom. The maximum atomic E-state index is 12.1. The fourth-order valence-electron chi connectivity index (χ4n) is 4.49. The predicted molar refractivity (Wildman–Crippen MR) is 122 cm³/mol. The van der Waals surface area contributed by atoms with Crippen molar-refractivity contribution < 1.29 is 33.3 Å². The molecule has 0 radical (unpaired) electrons. The van der Waals surface area contributed by atoms with Gasteiger partial charge in [0.05, 0.1) is 49.3 Å². The van der Waals surface area contributed by atoms with Crippen molar-refractivity contribution in [3.05, 3.63) is 23.8 Å². The number of ether oxygens (including phenoxy) is 5. The Balaban J connectivity index is 1.33. The Morgan fingerprint density at radius 1 is 1.21 bits per heavy atom. The summed E-state index contributed by atoms with van der Waals surface area (Å²) in [5, 5.41) is 2.91. The first-order chi connectivity index (χ1) is 15.5. The van der Waals surface area contributed by atoms with Crippen LogP contribution >= 0.6 is 0 Å². The van der Waals surface area contributed by atoms with Gasteiger partial charge < -0.3 is 29.0 Å². The standard InChI is InChI=1S/C25H39NO7/c1-17(6-9-21-12-25(16-31-25)15-24(4,5)33-21)7-11-23-29-13-20(14-30-23)26-22(28)10-8-18(2)32-19(3)27/h6-7,9,18,20-21,23H,8,10-16H2,1-5H3,(H,26,28)/t18?,20?,21-,23?,25-/m1/s1. The van der Waals surface area contributed by atoms with E-state index in [0.717, 1.165) is 25.0 Å². The summed E-state index contributed by atoms with van der Waals surface area (Å²) in [6, 6.07) is -0.175. The van der Waals surface area contributed by atoms with Crippen molar-refractivity contribution in [3.63, 3.8) is 0 Å². The number of amides is 1. The van der Waals surface area contributed by atoms with Crippen LogP contribution in [0, 0.1) is 0 Å². The lowest BCUT2D eigenvalue weighted by molar-refractivity contribution is -0.188. The molecule has 1 amide bonds. The lowest BCUT2D eigenvalue weighted by Crippen LogP contribution is -2.47. The molecule has 3 fully saturated rings. The fourth-order valence-corrected chi connectivity index (χ4v) is 4.49. The molecule has 3 aliphatic rings. The molecule has 3 saturated heterocycles. The topological polar surface area (TPSA) is 95.6 Å². The summed E-state index contributed by atoms with van der Waals surface area (Å²) in [4.78, 5) is 23.0. The van der Waals surface area contributed by atoms with Crippen LogP contribution in [0.2, 0.25) is 0 Å². The van der Waals surface area contributed by atoms with Crippen molar-refractivity contribution in [1.29, 1.82) is 0 Å². The summed E-state index contributed by atoms with van der Waals surface area (Å²) in [6.07, 6.45) is 9.03. The van der Waals surface area contributed by atoms with Gasteiger partial charge in [0.1, 0.15) is 0 Å². The molecule has 1 N–H and O–H groups in total. The molecule has 3 rings (SSSR count). The Labute approximate surface area is 197 Å². The molecular weight excluding hydrogens is 426 g/mol. The third-order valence-electron chi connectivity index (χ3n) is 6.03. The second-order valence-corrected chi connectivity index (χ2v) is 10.1. The highest BCUT2D eigenvalue weighted by molar-refractivity contribution is 5.76. The van der Waals surface area contributed by atoms with E-state index < -0.39 is 0 Å². The summed E-state index contributed by atoms with van der Waals surface area (Å²) >= 11 is 0. The number of rotatable bonds is 9. The highest BCUT2D eigenvalue weighted by atomic mass is 16.7. The minimum absolute atomic E-state index is 0.0185. The van der Waals surface area contributed by atoms with Gasteiger partial charge in [-0.2, -0.15) is 0 Å². The van der Waals surface area contributed by atoms with Gasteiger partial charge in [-0.05, 0) is 34.1 Å². The van der Waals surface area contributed by atoms with E-state index in [-0.39, 0.29) is 54.0 Å². The summed E-state index contributed by atoms with van der Waals surface area (Å²) < 4.78 is 28.4. The molecule has 33 heavy (non-hydrogen) atoms. The number of carbonyl (C=O) groups excluding carboxylic acids is 2. The fraction of sp³-hybridized carbons (Fsp3) is 0.760. The SMILES string of the molecule is CC(=O)OC(C)CCC(=O)NC1COC(CC=C(C)C=C[C@@H]2C[C@]3(CO3)CC(C)(C)O2)OC1. The molecule has 3 atom stereocenters. The third kappa shape index (κ3) is 8.85. The van der Waals surface area contributed by atoms with Crippen LogP contribution in [0.4, 0.5) is 0 Å². The molecule has 0 bridgehead atoms. The first-order valence-corrected chi connectivity index (χ1v) is 11.9. The van der Waals surface area contributed by atoms with E-state index in [1.54, 1.807) is 6.92 Å². The zero-order valence-corrected chi connectivity index (χ0v) is 20.6. The second-order valence-electron chi connectivity index (χ2n) is 10.1. The Morgan fingerprint density at radius 2 is 1.91 bits per heavy atom. The van der Waals surface area contributed by atoms with E-state index in [9.17, 15) is 9.59 Å². The van der Waals surface area contributed by atoms with Crippen molar-refractivity contribution in [1.82, 2.24) is 5.32 Å². The maximum absolute atomic E-state index is 12.1. The van der Waals surface area contributed by atoms with Gasteiger partial charge in [-0.3, -0.25) is 9.59 Å². The summed E-state index contributed by atoms with van der Waals surface area (Å²) in [7, 11) is 0. The van der Waals surface area contributed by atoms with Crippen molar-refractivity contribution in [3.8, 4) is 0 Å². The first kappa shape index (κ1) is 25.9. The molecule has 0 aromatic carbocycles. The average molecular weight is 466 g/mol. The molecule has 1 spiro atoms. The van der Waals surface area contributed by atoms with E-state index in [4.69, 9.17) is 23.7 Å². The van der Waals surface area contributed by atoms with Gasteiger partial charge in [0, 0.05) is 32.6 Å². The van der Waals surface area contributed by atoms with Crippen molar-refractivity contribution in [2.24, 2.45) is 0 Å². The highest BCUT2D eigenvalue weighted by Crippen LogP contribution is 2.46. The molecule has 0 aliphatic carbocycles. The molecule has 186 valence electrons. The number of hydrogen-bond acceptors (Lipinski definition) is 7. The van der Waals surface area contributed by atoms with Gasteiger partial charge in [-0.25, -0.2) is 0 Å². The van der Waals surface area contributed by atoms with Gasteiger partial charge >= 0.3 is 5.97 Å². The number of epoxide rings is 1. The number of nitrogens with one attached hydrogen (secondary N) is 1. The number of carbonyl (C=O) groups is 2. The van der Waals surface area contributed by atoms with E-state index in [0.29, 0.717) is 26.1 Å². The summed E-state index contributed by atoms with van der Waals surface area (Å²) in [5.74, 6) is -0.438. The normalized spacial score (nSPS) is 32.5. The lowest BCUT2D eigenvalue weighted by Gasteiger charge is -2.38. The van der Waals surface area contributed by atoms with Crippen molar-refractivity contribution >= 4 is 11.9 Å². The number of esters is 1. The van der Waals surface area contributed by atoms with Crippen LogP contribution in [-0.2, 0) is 33.3 Å². The molecule has 3 aliphatic heterocycles. The maximum Gasteiger partial charge on any atom is 0.302 e. The Kier molecular flexibility index (Phi) is 8.72. The highest BCUT2D eigenvalue weighted by Gasteiger charge is 2.53. The van der Waals surface area contributed by atoms with Crippen LogP contribution < -0.4 is 5.32 Å². The molecular formula is C25H39NO7. The van der Waals surface area contributed by atoms with Crippen molar-refractivity contribution in [2.45, 2.75) is 102 Å². The van der Waals surface area contributed by atoms with Gasteiger partial charge in [0.2, 0.25) is 5.91 Å². The molecule has 0 saturated carbocycles. The smallest absolute Gasteiger partial charge is 0.302 e. The van der Waals surface area contributed by atoms with Crippen LogP contribution in [0.5, 0.6) is 0 Å². The Hall–Kier alpha value is -1.74. The first-order valence-electron chi connectivity index (χ1n) is 11.9. The molecule has 1 unspecified atom stereocenters. The minimum atomic E-state index is -0.338. The van der Waals surface area contributed by atoms with Crippen LogP contribution in [0.25, 0.3) is 0 Å². The molecule has 8 heteroatoms. The molecule has 3 heterocycles. The van der Waals surface area contributed by atoms with E-state index >= 15 is 0 Å². The number of hydrogen-bond donors (Lipinski definition) is 1.